The van der Waals surface area contributed by atoms with Gasteiger partial charge in [0.2, 0.25) is 0 Å². The van der Waals surface area contributed by atoms with Crippen molar-refractivity contribution in [3.63, 3.8) is 0 Å². The number of aromatic nitrogens is 1. The molecule has 1 fully saturated rings. The molecule has 1 aromatic rings. The fourth-order valence-corrected chi connectivity index (χ4v) is 4.03. The molecule has 2 bridgehead atoms. The Bertz CT molecular complexity index is 385. The lowest BCUT2D eigenvalue weighted by molar-refractivity contribution is 0.380. The van der Waals surface area contributed by atoms with Crippen molar-refractivity contribution >= 4 is 11.3 Å². The number of nitrogens with zero attached hydrogens (tertiary/aromatic N) is 1. The summed E-state index contributed by atoms with van der Waals surface area (Å²) in [5.41, 5.74) is 0. The minimum absolute atomic E-state index is 0.457. The third-order valence-corrected chi connectivity index (χ3v) is 5.09. The van der Waals surface area contributed by atoms with E-state index in [1.807, 2.05) is 6.20 Å². The molecule has 3 rings (SSSR count). The third kappa shape index (κ3) is 2.31. The molecule has 0 amide bonds. The van der Waals surface area contributed by atoms with Crippen LogP contribution >= 0.6 is 11.3 Å². The minimum atomic E-state index is 0.457. The van der Waals surface area contributed by atoms with Crippen LogP contribution in [-0.2, 0) is 0 Å². The number of thiazole rings is 1. The second-order valence-electron chi connectivity index (χ2n) is 5.28. The second kappa shape index (κ2) is 4.91. The summed E-state index contributed by atoms with van der Waals surface area (Å²) in [5, 5.41) is 7.02. The van der Waals surface area contributed by atoms with Crippen molar-refractivity contribution in [3.05, 3.63) is 28.7 Å². The molecule has 0 spiro atoms. The van der Waals surface area contributed by atoms with Gasteiger partial charge in [-0.25, -0.2) is 4.98 Å². The van der Waals surface area contributed by atoms with Crippen LogP contribution in [0, 0.1) is 17.8 Å². The molecule has 0 radical (unpaired) electrons. The molecule has 17 heavy (non-hydrogen) atoms. The number of nitrogens with one attached hydrogen (secondary N) is 1. The monoisotopic (exact) mass is 248 g/mol. The average Bonchev–Trinajstić information content (AvgIpc) is 3.06. The summed E-state index contributed by atoms with van der Waals surface area (Å²) in [6.07, 6.45) is 10.7. The highest BCUT2D eigenvalue weighted by Crippen LogP contribution is 2.43. The van der Waals surface area contributed by atoms with Gasteiger partial charge in [0.15, 0.2) is 0 Å². The standard InChI is InChI=1S/C14H20N2S/c1-2-13(14-15-5-6-17-14)16-9-12-8-10-3-4-11(12)7-10/h3-6,10-13,16H,2,7-9H2,1H3. The first-order valence-corrected chi connectivity index (χ1v) is 7.56. The van der Waals surface area contributed by atoms with Crippen LogP contribution in [0.25, 0.3) is 0 Å². The predicted octanol–water partition coefficient (Wildman–Crippen LogP) is 3.40. The van der Waals surface area contributed by atoms with Gasteiger partial charge in [-0.05, 0) is 43.6 Å². The van der Waals surface area contributed by atoms with Crippen molar-refractivity contribution in [1.82, 2.24) is 10.3 Å². The number of fused-ring (bicyclic) bond motifs is 2. The first-order chi connectivity index (χ1) is 8.36. The normalized spacial score (nSPS) is 32.2. The second-order valence-corrected chi connectivity index (χ2v) is 6.21. The molecule has 1 N–H and O–H groups in total. The van der Waals surface area contributed by atoms with E-state index in [0.717, 1.165) is 30.7 Å². The van der Waals surface area contributed by atoms with Crippen LogP contribution < -0.4 is 5.32 Å². The molecular formula is C14H20N2S. The maximum Gasteiger partial charge on any atom is 0.109 e. The van der Waals surface area contributed by atoms with Crippen molar-refractivity contribution in [2.45, 2.75) is 32.2 Å². The highest BCUT2D eigenvalue weighted by molar-refractivity contribution is 7.09. The van der Waals surface area contributed by atoms with Crippen LogP contribution in [-0.4, -0.2) is 11.5 Å². The molecule has 1 saturated carbocycles. The van der Waals surface area contributed by atoms with Crippen molar-refractivity contribution in [3.8, 4) is 0 Å². The molecular weight excluding hydrogens is 228 g/mol. The molecule has 2 aliphatic carbocycles. The van der Waals surface area contributed by atoms with Gasteiger partial charge in [0.25, 0.3) is 0 Å². The SMILES string of the molecule is CCC(NCC1CC2C=CC1C2)c1nccs1. The smallest absolute Gasteiger partial charge is 0.109 e. The molecule has 1 aromatic heterocycles. The number of allylic oxidation sites excluding steroid dienone is 2. The molecule has 3 heteroatoms. The van der Waals surface area contributed by atoms with E-state index in [1.165, 1.54) is 17.8 Å². The van der Waals surface area contributed by atoms with Crippen LogP contribution in [0.5, 0.6) is 0 Å². The molecule has 2 aliphatic rings. The van der Waals surface area contributed by atoms with Gasteiger partial charge in [0.05, 0.1) is 6.04 Å². The summed E-state index contributed by atoms with van der Waals surface area (Å²) in [4.78, 5) is 4.42. The van der Waals surface area contributed by atoms with Crippen molar-refractivity contribution in [2.75, 3.05) is 6.54 Å². The topological polar surface area (TPSA) is 24.9 Å². The number of hydrogen-bond acceptors (Lipinski definition) is 3. The Hall–Kier alpha value is -0.670. The molecule has 0 saturated heterocycles. The highest BCUT2D eigenvalue weighted by atomic mass is 32.1. The largest absolute Gasteiger partial charge is 0.308 e. The van der Waals surface area contributed by atoms with E-state index in [9.17, 15) is 0 Å². The maximum absolute atomic E-state index is 4.42. The maximum atomic E-state index is 4.42. The van der Waals surface area contributed by atoms with Crippen LogP contribution in [0.3, 0.4) is 0 Å². The van der Waals surface area contributed by atoms with Gasteiger partial charge in [0, 0.05) is 11.6 Å². The van der Waals surface area contributed by atoms with Crippen LogP contribution in [0.15, 0.2) is 23.7 Å². The summed E-state index contributed by atoms with van der Waals surface area (Å²) in [5.74, 6) is 2.59. The van der Waals surface area contributed by atoms with Crippen LogP contribution in [0.1, 0.15) is 37.2 Å². The van der Waals surface area contributed by atoms with Gasteiger partial charge in [-0.1, -0.05) is 19.1 Å². The summed E-state index contributed by atoms with van der Waals surface area (Å²) in [6.45, 7) is 3.39. The van der Waals surface area contributed by atoms with Crippen LogP contribution in [0.4, 0.5) is 0 Å². The van der Waals surface area contributed by atoms with E-state index in [1.54, 1.807) is 11.3 Å². The Labute approximate surface area is 107 Å². The van der Waals surface area contributed by atoms with E-state index in [4.69, 9.17) is 0 Å². The first kappa shape index (κ1) is 11.4. The molecule has 92 valence electrons. The fourth-order valence-electron chi connectivity index (χ4n) is 3.24. The van der Waals surface area contributed by atoms with Gasteiger partial charge < -0.3 is 5.32 Å². The molecule has 1 heterocycles. The minimum Gasteiger partial charge on any atom is -0.308 e. The van der Waals surface area contributed by atoms with Crippen molar-refractivity contribution < 1.29 is 0 Å². The highest BCUT2D eigenvalue weighted by Gasteiger charge is 2.35. The Balaban J connectivity index is 1.55. The molecule has 2 nitrogen and oxygen atoms in total. The zero-order valence-electron chi connectivity index (χ0n) is 10.3. The van der Waals surface area contributed by atoms with Crippen LogP contribution in [0.2, 0.25) is 0 Å². The molecule has 0 aromatic carbocycles. The number of hydrogen-bond donors (Lipinski definition) is 1. The zero-order valence-corrected chi connectivity index (χ0v) is 11.1. The van der Waals surface area contributed by atoms with Crippen molar-refractivity contribution in [1.29, 1.82) is 0 Å². The van der Waals surface area contributed by atoms with Crippen molar-refractivity contribution in [2.24, 2.45) is 17.8 Å². The Morgan fingerprint density at radius 2 is 2.41 bits per heavy atom. The fraction of sp³-hybridized carbons (Fsp3) is 0.643. The summed E-state index contributed by atoms with van der Waals surface area (Å²) in [6, 6.07) is 0.457. The van der Waals surface area contributed by atoms with E-state index in [0.29, 0.717) is 6.04 Å². The summed E-state index contributed by atoms with van der Waals surface area (Å²) < 4.78 is 0. The Morgan fingerprint density at radius 3 is 3.00 bits per heavy atom. The van der Waals surface area contributed by atoms with Gasteiger partial charge in [0.1, 0.15) is 5.01 Å². The average molecular weight is 248 g/mol. The Kier molecular flexibility index (Phi) is 3.30. The van der Waals surface area contributed by atoms with Gasteiger partial charge in [-0.15, -0.1) is 11.3 Å². The van der Waals surface area contributed by atoms with Gasteiger partial charge in [-0.2, -0.15) is 0 Å². The predicted molar refractivity (Wildman–Crippen MR) is 72.0 cm³/mol. The first-order valence-electron chi connectivity index (χ1n) is 6.68. The van der Waals surface area contributed by atoms with E-state index in [2.05, 4.69) is 34.8 Å². The van der Waals surface area contributed by atoms with E-state index < -0.39 is 0 Å². The number of rotatable bonds is 5. The summed E-state index contributed by atoms with van der Waals surface area (Å²) >= 11 is 1.77. The van der Waals surface area contributed by atoms with Gasteiger partial charge >= 0.3 is 0 Å². The quantitative estimate of drug-likeness (QED) is 0.808. The Morgan fingerprint density at radius 1 is 1.47 bits per heavy atom. The lowest BCUT2D eigenvalue weighted by atomic mass is 9.93. The van der Waals surface area contributed by atoms with E-state index >= 15 is 0 Å². The third-order valence-electron chi connectivity index (χ3n) is 4.20. The summed E-state index contributed by atoms with van der Waals surface area (Å²) in [7, 11) is 0. The molecule has 4 unspecified atom stereocenters. The molecule has 4 atom stereocenters. The zero-order chi connectivity index (χ0) is 11.7. The lowest BCUT2D eigenvalue weighted by Gasteiger charge is -2.22. The lowest BCUT2D eigenvalue weighted by Crippen LogP contribution is -2.28. The molecule has 0 aliphatic heterocycles. The van der Waals surface area contributed by atoms with E-state index in [-0.39, 0.29) is 0 Å². The van der Waals surface area contributed by atoms with Gasteiger partial charge in [-0.3, -0.25) is 0 Å².